The van der Waals surface area contributed by atoms with Gasteiger partial charge in [0.05, 0.1) is 37.2 Å². The Labute approximate surface area is 165 Å². The van der Waals surface area contributed by atoms with E-state index >= 15 is 0 Å². The van der Waals surface area contributed by atoms with Crippen molar-refractivity contribution in [3.63, 3.8) is 0 Å². The Bertz CT molecular complexity index is 1080. The highest BCUT2D eigenvalue weighted by Gasteiger charge is 2.12. The van der Waals surface area contributed by atoms with Gasteiger partial charge in [0.25, 0.3) is 11.6 Å². The van der Waals surface area contributed by atoms with Crippen LogP contribution in [0.2, 0.25) is 0 Å². The molecule has 0 unspecified atom stereocenters. The summed E-state index contributed by atoms with van der Waals surface area (Å²) >= 11 is 0. The molecule has 0 spiro atoms. The number of aromatic amines is 1. The summed E-state index contributed by atoms with van der Waals surface area (Å²) in [5.74, 6) is 0.581. The van der Waals surface area contributed by atoms with Gasteiger partial charge in [-0.15, -0.1) is 0 Å². The second-order valence-electron chi connectivity index (χ2n) is 5.78. The summed E-state index contributed by atoms with van der Waals surface area (Å²) in [7, 11) is 3.09. The third-order valence-corrected chi connectivity index (χ3v) is 4.03. The Morgan fingerprint density at radius 2 is 2.00 bits per heavy atom. The standard InChI is InChI=1S/C19H17N5O5/c1-28-16-7-6-12(9-17(16)29-2)18-14(10-20-22-18)11-21-23-19(25)13-4-3-5-15(8-13)24(26)27/h3-11H,1-2H3,(H,20,22)(H,23,25)/b21-11-. The average Bonchev–Trinajstić information content (AvgIpc) is 3.21. The summed E-state index contributed by atoms with van der Waals surface area (Å²) in [6, 6.07) is 10.8. The van der Waals surface area contributed by atoms with Crippen molar-refractivity contribution in [2.75, 3.05) is 14.2 Å². The second kappa shape index (κ2) is 8.65. The van der Waals surface area contributed by atoms with Gasteiger partial charge >= 0.3 is 0 Å². The minimum absolute atomic E-state index is 0.128. The van der Waals surface area contributed by atoms with Gasteiger partial charge in [-0.25, -0.2) is 5.43 Å². The van der Waals surface area contributed by atoms with E-state index in [9.17, 15) is 14.9 Å². The van der Waals surface area contributed by atoms with Crippen LogP contribution in [0.4, 0.5) is 5.69 Å². The SMILES string of the molecule is COc1ccc(-c2[nH]ncc2/C=N\NC(=O)c2cccc([N+](=O)[O-])c2)cc1OC. The molecule has 0 aliphatic carbocycles. The third-order valence-electron chi connectivity index (χ3n) is 4.03. The first-order valence-corrected chi connectivity index (χ1v) is 8.37. The lowest BCUT2D eigenvalue weighted by atomic mass is 10.1. The quantitative estimate of drug-likeness (QED) is 0.359. The monoisotopic (exact) mass is 395 g/mol. The maximum atomic E-state index is 12.2. The van der Waals surface area contributed by atoms with Crippen molar-refractivity contribution in [1.29, 1.82) is 0 Å². The van der Waals surface area contributed by atoms with Crippen molar-refractivity contribution in [3.8, 4) is 22.8 Å². The van der Waals surface area contributed by atoms with Gasteiger partial charge < -0.3 is 9.47 Å². The molecule has 2 aromatic carbocycles. The fourth-order valence-corrected chi connectivity index (χ4v) is 2.60. The number of rotatable bonds is 7. The van der Waals surface area contributed by atoms with Gasteiger partial charge in [0, 0.05) is 28.8 Å². The first-order chi connectivity index (χ1) is 14.0. The van der Waals surface area contributed by atoms with E-state index in [0.717, 1.165) is 5.56 Å². The molecule has 10 nitrogen and oxygen atoms in total. The molecule has 0 radical (unpaired) electrons. The summed E-state index contributed by atoms with van der Waals surface area (Å²) in [5.41, 5.74) is 4.37. The summed E-state index contributed by atoms with van der Waals surface area (Å²) < 4.78 is 10.5. The number of hydrazone groups is 1. The Kier molecular flexibility index (Phi) is 5.83. The minimum Gasteiger partial charge on any atom is -0.493 e. The number of H-pyrrole nitrogens is 1. The van der Waals surface area contributed by atoms with Crippen LogP contribution in [-0.2, 0) is 0 Å². The second-order valence-corrected chi connectivity index (χ2v) is 5.78. The molecule has 0 saturated heterocycles. The highest BCUT2D eigenvalue weighted by atomic mass is 16.6. The number of hydrogen-bond donors (Lipinski definition) is 2. The molecule has 1 aromatic heterocycles. The first-order valence-electron chi connectivity index (χ1n) is 8.37. The Morgan fingerprint density at radius 3 is 2.72 bits per heavy atom. The molecule has 1 amide bonds. The third kappa shape index (κ3) is 4.38. The van der Waals surface area contributed by atoms with Crippen molar-refractivity contribution in [2.45, 2.75) is 0 Å². The van der Waals surface area contributed by atoms with Crippen LogP contribution >= 0.6 is 0 Å². The van der Waals surface area contributed by atoms with Gasteiger partial charge in [0.1, 0.15) is 0 Å². The molecule has 1 heterocycles. The predicted octanol–water partition coefficient (Wildman–Crippen LogP) is 2.77. The number of non-ortho nitro benzene ring substituents is 1. The van der Waals surface area contributed by atoms with Gasteiger partial charge in [-0.1, -0.05) is 6.07 Å². The lowest BCUT2D eigenvalue weighted by Gasteiger charge is -2.09. The number of carbonyl (C=O) groups is 1. The smallest absolute Gasteiger partial charge is 0.271 e. The van der Waals surface area contributed by atoms with Crippen molar-refractivity contribution >= 4 is 17.8 Å². The molecule has 2 N–H and O–H groups in total. The van der Waals surface area contributed by atoms with E-state index in [1.54, 1.807) is 32.5 Å². The number of benzene rings is 2. The number of hydrogen-bond acceptors (Lipinski definition) is 7. The van der Waals surface area contributed by atoms with E-state index in [4.69, 9.17) is 9.47 Å². The van der Waals surface area contributed by atoms with E-state index in [-0.39, 0.29) is 11.3 Å². The largest absolute Gasteiger partial charge is 0.493 e. The van der Waals surface area contributed by atoms with Crippen LogP contribution in [0, 0.1) is 10.1 Å². The maximum absolute atomic E-state index is 12.2. The molecule has 148 valence electrons. The maximum Gasteiger partial charge on any atom is 0.271 e. The number of ether oxygens (including phenoxy) is 2. The molecule has 0 bridgehead atoms. The highest BCUT2D eigenvalue weighted by Crippen LogP contribution is 2.32. The number of aromatic nitrogens is 2. The van der Waals surface area contributed by atoms with Crippen LogP contribution in [0.15, 0.2) is 53.8 Å². The molecule has 0 aliphatic rings. The molecule has 10 heteroatoms. The summed E-state index contributed by atoms with van der Waals surface area (Å²) in [4.78, 5) is 22.4. The van der Waals surface area contributed by atoms with Crippen LogP contribution in [0.5, 0.6) is 11.5 Å². The Morgan fingerprint density at radius 1 is 1.21 bits per heavy atom. The lowest BCUT2D eigenvalue weighted by molar-refractivity contribution is -0.384. The van der Waals surface area contributed by atoms with Gasteiger partial charge in [0.2, 0.25) is 0 Å². The first kappa shape index (κ1) is 19.5. The van der Waals surface area contributed by atoms with Crippen LogP contribution in [0.3, 0.4) is 0 Å². The molecule has 3 aromatic rings. The van der Waals surface area contributed by atoms with Crippen molar-refractivity contribution in [1.82, 2.24) is 15.6 Å². The van der Waals surface area contributed by atoms with Gasteiger partial charge in [0.15, 0.2) is 11.5 Å². The molecule has 0 saturated carbocycles. The van der Waals surface area contributed by atoms with Crippen LogP contribution in [0.25, 0.3) is 11.3 Å². The number of nitro groups is 1. The Balaban J connectivity index is 1.76. The van der Waals surface area contributed by atoms with Crippen LogP contribution in [-0.4, -0.2) is 41.5 Å². The normalized spacial score (nSPS) is 10.7. The fourth-order valence-electron chi connectivity index (χ4n) is 2.60. The zero-order valence-electron chi connectivity index (χ0n) is 15.6. The number of nitrogens with one attached hydrogen (secondary N) is 2. The zero-order valence-corrected chi connectivity index (χ0v) is 15.6. The summed E-state index contributed by atoms with van der Waals surface area (Å²) in [6.45, 7) is 0. The molecular weight excluding hydrogens is 378 g/mol. The molecule has 3 rings (SSSR count). The number of amides is 1. The van der Waals surface area contributed by atoms with E-state index in [0.29, 0.717) is 22.8 Å². The fraction of sp³-hybridized carbons (Fsp3) is 0.105. The number of carbonyl (C=O) groups excluding carboxylic acids is 1. The van der Waals surface area contributed by atoms with Crippen molar-refractivity contribution < 1.29 is 19.2 Å². The van der Waals surface area contributed by atoms with E-state index in [1.807, 2.05) is 6.07 Å². The van der Waals surface area contributed by atoms with Gasteiger partial charge in [-0.05, 0) is 24.3 Å². The average molecular weight is 395 g/mol. The topological polar surface area (TPSA) is 132 Å². The van der Waals surface area contributed by atoms with Crippen LogP contribution in [0.1, 0.15) is 15.9 Å². The van der Waals surface area contributed by atoms with E-state index in [2.05, 4.69) is 20.7 Å². The molecule has 0 aliphatic heterocycles. The summed E-state index contributed by atoms with van der Waals surface area (Å²) in [5, 5.41) is 21.6. The molecular formula is C19H17N5O5. The van der Waals surface area contributed by atoms with E-state index in [1.165, 1.54) is 30.5 Å². The zero-order chi connectivity index (χ0) is 20.8. The molecule has 0 atom stereocenters. The number of nitrogens with zero attached hydrogens (tertiary/aromatic N) is 3. The summed E-state index contributed by atoms with van der Waals surface area (Å²) in [6.07, 6.45) is 2.97. The van der Waals surface area contributed by atoms with E-state index < -0.39 is 10.8 Å². The Hall–Kier alpha value is -4.21. The predicted molar refractivity (Wildman–Crippen MR) is 105 cm³/mol. The van der Waals surface area contributed by atoms with Gasteiger partial charge in [-0.3, -0.25) is 20.0 Å². The lowest BCUT2D eigenvalue weighted by Crippen LogP contribution is -2.17. The van der Waals surface area contributed by atoms with Crippen molar-refractivity contribution in [2.24, 2.45) is 5.10 Å². The van der Waals surface area contributed by atoms with Crippen molar-refractivity contribution in [3.05, 3.63) is 69.9 Å². The highest BCUT2D eigenvalue weighted by molar-refractivity contribution is 5.96. The van der Waals surface area contributed by atoms with Crippen LogP contribution < -0.4 is 14.9 Å². The number of nitro benzene ring substituents is 1. The molecule has 29 heavy (non-hydrogen) atoms. The minimum atomic E-state index is -0.569. The van der Waals surface area contributed by atoms with Gasteiger partial charge in [-0.2, -0.15) is 10.2 Å². The number of methoxy groups -OCH3 is 2. The molecule has 0 fully saturated rings.